The van der Waals surface area contributed by atoms with E-state index in [2.05, 4.69) is 19.2 Å². The Bertz CT molecular complexity index is 336. The molecule has 122 valence electrons. The molecule has 0 bridgehead atoms. The molecule has 0 spiro atoms. The minimum absolute atomic E-state index is 0.0648. The Hall–Kier alpha value is -1.10. The summed E-state index contributed by atoms with van der Waals surface area (Å²) in [5.41, 5.74) is 5.77. The molecule has 0 aromatic carbocycles. The van der Waals surface area contributed by atoms with Gasteiger partial charge in [-0.15, -0.1) is 0 Å². The highest BCUT2D eigenvalue weighted by molar-refractivity contribution is 5.80. The van der Waals surface area contributed by atoms with Gasteiger partial charge in [-0.3, -0.25) is 9.59 Å². The lowest BCUT2D eigenvalue weighted by Crippen LogP contribution is -2.43. The fraction of sp³-hybridized carbons (Fsp3) is 0.875. The first kappa shape index (κ1) is 18.0. The van der Waals surface area contributed by atoms with E-state index < -0.39 is 0 Å². The van der Waals surface area contributed by atoms with Crippen LogP contribution >= 0.6 is 0 Å². The molecule has 1 aliphatic heterocycles. The van der Waals surface area contributed by atoms with E-state index in [0.29, 0.717) is 38.5 Å². The summed E-state index contributed by atoms with van der Waals surface area (Å²) in [4.78, 5) is 26.0. The van der Waals surface area contributed by atoms with Crippen molar-refractivity contribution in [3.63, 3.8) is 0 Å². The van der Waals surface area contributed by atoms with Crippen LogP contribution in [0.25, 0.3) is 0 Å². The van der Waals surface area contributed by atoms with Gasteiger partial charge in [0.05, 0.1) is 0 Å². The highest BCUT2D eigenvalue weighted by Crippen LogP contribution is 2.21. The molecule has 1 unspecified atom stereocenters. The molecule has 21 heavy (non-hydrogen) atoms. The van der Waals surface area contributed by atoms with Gasteiger partial charge in [0.25, 0.3) is 0 Å². The summed E-state index contributed by atoms with van der Waals surface area (Å²) in [5.74, 6) is 1.23. The molecular weight excluding hydrogens is 266 g/mol. The van der Waals surface area contributed by atoms with Crippen molar-refractivity contribution in [2.45, 2.75) is 46.5 Å². The van der Waals surface area contributed by atoms with E-state index in [1.165, 1.54) is 0 Å². The van der Waals surface area contributed by atoms with E-state index in [-0.39, 0.29) is 23.7 Å². The zero-order valence-corrected chi connectivity index (χ0v) is 13.7. The summed E-state index contributed by atoms with van der Waals surface area (Å²) in [5, 5.41) is 2.86. The fourth-order valence-electron chi connectivity index (χ4n) is 3.02. The van der Waals surface area contributed by atoms with Crippen LogP contribution in [0.2, 0.25) is 0 Å². The number of hydrogen-bond donors (Lipinski definition) is 2. The Morgan fingerprint density at radius 2 is 1.90 bits per heavy atom. The minimum Gasteiger partial charge on any atom is -0.356 e. The molecule has 1 saturated heterocycles. The van der Waals surface area contributed by atoms with Crippen LogP contribution in [-0.2, 0) is 9.59 Å². The lowest BCUT2D eigenvalue weighted by molar-refractivity contribution is -0.136. The third-order valence-electron chi connectivity index (χ3n) is 4.17. The van der Waals surface area contributed by atoms with E-state index in [9.17, 15) is 9.59 Å². The molecule has 0 aromatic heterocycles. The molecule has 2 amide bonds. The topological polar surface area (TPSA) is 75.4 Å². The zero-order valence-electron chi connectivity index (χ0n) is 13.7. The van der Waals surface area contributed by atoms with Gasteiger partial charge in [0.15, 0.2) is 0 Å². The summed E-state index contributed by atoms with van der Waals surface area (Å²) in [6.07, 6.45) is 3.09. The van der Waals surface area contributed by atoms with Gasteiger partial charge in [-0.2, -0.15) is 0 Å². The van der Waals surface area contributed by atoms with Crippen LogP contribution in [0.4, 0.5) is 0 Å². The highest BCUT2D eigenvalue weighted by Gasteiger charge is 2.27. The molecule has 3 N–H and O–H groups in total. The number of nitrogens with zero attached hydrogens (tertiary/aromatic N) is 1. The maximum atomic E-state index is 12.3. The van der Waals surface area contributed by atoms with Gasteiger partial charge in [0.1, 0.15) is 0 Å². The van der Waals surface area contributed by atoms with E-state index in [1.807, 2.05) is 11.8 Å². The number of carbonyl (C=O) groups excluding carboxylic acids is 2. The molecule has 0 aromatic rings. The van der Waals surface area contributed by atoms with Gasteiger partial charge < -0.3 is 16.0 Å². The SMILES string of the molecule is CCNC(=O)C1CCN(C(=O)CC(CN)CC(C)C)CC1. The van der Waals surface area contributed by atoms with Crippen molar-refractivity contribution in [2.75, 3.05) is 26.2 Å². The van der Waals surface area contributed by atoms with Crippen LogP contribution < -0.4 is 11.1 Å². The van der Waals surface area contributed by atoms with E-state index in [0.717, 1.165) is 19.3 Å². The number of likely N-dealkylation sites (tertiary alicyclic amines) is 1. The van der Waals surface area contributed by atoms with Gasteiger partial charge in [0.2, 0.25) is 11.8 Å². The number of hydrogen-bond acceptors (Lipinski definition) is 3. The Morgan fingerprint density at radius 3 is 2.38 bits per heavy atom. The Morgan fingerprint density at radius 1 is 1.29 bits per heavy atom. The van der Waals surface area contributed by atoms with Crippen molar-refractivity contribution in [1.29, 1.82) is 0 Å². The smallest absolute Gasteiger partial charge is 0.223 e. The van der Waals surface area contributed by atoms with Crippen LogP contribution in [0.3, 0.4) is 0 Å². The Kier molecular flexibility index (Phi) is 7.72. The average Bonchev–Trinajstić information content (AvgIpc) is 2.46. The molecular formula is C16H31N3O2. The Balaban J connectivity index is 2.39. The van der Waals surface area contributed by atoms with Gasteiger partial charge in [-0.1, -0.05) is 13.8 Å². The van der Waals surface area contributed by atoms with E-state index in [4.69, 9.17) is 5.73 Å². The molecule has 5 nitrogen and oxygen atoms in total. The van der Waals surface area contributed by atoms with Gasteiger partial charge in [-0.05, 0) is 44.6 Å². The summed E-state index contributed by atoms with van der Waals surface area (Å²) in [7, 11) is 0. The second-order valence-corrected chi connectivity index (χ2v) is 6.49. The number of amides is 2. The largest absolute Gasteiger partial charge is 0.356 e. The molecule has 1 rings (SSSR count). The summed E-state index contributed by atoms with van der Waals surface area (Å²) < 4.78 is 0. The first-order valence-electron chi connectivity index (χ1n) is 8.23. The highest BCUT2D eigenvalue weighted by atomic mass is 16.2. The van der Waals surface area contributed by atoms with Gasteiger partial charge in [-0.25, -0.2) is 0 Å². The lowest BCUT2D eigenvalue weighted by atomic mass is 9.92. The fourth-order valence-corrected chi connectivity index (χ4v) is 3.02. The number of nitrogens with two attached hydrogens (primary N) is 1. The van der Waals surface area contributed by atoms with Crippen molar-refractivity contribution in [1.82, 2.24) is 10.2 Å². The number of piperidine rings is 1. The van der Waals surface area contributed by atoms with Crippen LogP contribution in [0.15, 0.2) is 0 Å². The van der Waals surface area contributed by atoms with Crippen molar-refractivity contribution in [3.8, 4) is 0 Å². The van der Waals surface area contributed by atoms with Crippen LogP contribution in [0.1, 0.15) is 46.5 Å². The third-order valence-corrected chi connectivity index (χ3v) is 4.17. The molecule has 5 heteroatoms. The predicted octanol–water partition coefficient (Wildman–Crippen LogP) is 1.37. The van der Waals surface area contributed by atoms with Crippen molar-refractivity contribution < 1.29 is 9.59 Å². The number of rotatable bonds is 7. The molecule has 1 atom stereocenters. The third kappa shape index (κ3) is 6.04. The lowest BCUT2D eigenvalue weighted by Gasteiger charge is -2.32. The standard InChI is InChI=1S/C16H31N3O2/c1-4-18-16(21)14-5-7-19(8-6-14)15(20)10-13(11-17)9-12(2)3/h12-14H,4-11,17H2,1-3H3,(H,18,21). The van der Waals surface area contributed by atoms with E-state index >= 15 is 0 Å². The molecule has 1 heterocycles. The summed E-state index contributed by atoms with van der Waals surface area (Å²) >= 11 is 0. The average molecular weight is 297 g/mol. The minimum atomic E-state index is 0.0648. The van der Waals surface area contributed by atoms with Crippen LogP contribution in [0, 0.1) is 17.8 Å². The van der Waals surface area contributed by atoms with Crippen molar-refractivity contribution in [2.24, 2.45) is 23.5 Å². The van der Waals surface area contributed by atoms with Crippen LogP contribution in [-0.4, -0.2) is 42.9 Å². The maximum absolute atomic E-state index is 12.3. The van der Waals surface area contributed by atoms with E-state index in [1.54, 1.807) is 0 Å². The quantitative estimate of drug-likeness (QED) is 0.745. The number of nitrogens with one attached hydrogen (secondary N) is 1. The second kappa shape index (κ2) is 9.03. The zero-order chi connectivity index (χ0) is 15.8. The maximum Gasteiger partial charge on any atom is 0.223 e. The predicted molar refractivity (Wildman–Crippen MR) is 84.6 cm³/mol. The molecule has 0 saturated carbocycles. The molecule has 1 aliphatic rings. The molecule has 0 radical (unpaired) electrons. The van der Waals surface area contributed by atoms with Gasteiger partial charge in [0, 0.05) is 32.0 Å². The second-order valence-electron chi connectivity index (χ2n) is 6.49. The van der Waals surface area contributed by atoms with Crippen LogP contribution in [0.5, 0.6) is 0 Å². The monoisotopic (exact) mass is 297 g/mol. The summed E-state index contributed by atoms with van der Waals surface area (Å²) in [6, 6.07) is 0. The van der Waals surface area contributed by atoms with Crippen molar-refractivity contribution >= 4 is 11.8 Å². The van der Waals surface area contributed by atoms with Crippen molar-refractivity contribution in [3.05, 3.63) is 0 Å². The molecule has 1 fully saturated rings. The number of carbonyl (C=O) groups is 2. The summed E-state index contributed by atoms with van der Waals surface area (Å²) in [6.45, 7) is 8.87. The normalized spacial score (nSPS) is 17.9. The first-order chi connectivity index (χ1) is 9.97. The first-order valence-corrected chi connectivity index (χ1v) is 8.23. The van der Waals surface area contributed by atoms with Gasteiger partial charge >= 0.3 is 0 Å². The Labute approximate surface area is 128 Å². The molecule has 0 aliphatic carbocycles.